The fourth-order valence-corrected chi connectivity index (χ4v) is 2.83. The van der Waals surface area contributed by atoms with Gasteiger partial charge in [0.2, 0.25) is 0 Å². The molecular formula is C15H25NO3. The second kappa shape index (κ2) is 6.42. The minimum Gasteiger partial charge on any atom is -0.460 e. The average molecular weight is 267 g/mol. The smallest absolute Gasteiger partial charge is 0.286 e. The van der Waals surface area contributed by atoms with E-state index in [1.54, 1.807) is 0 Å². The number of nitrogens with one attached hydrogen (secondary N) is 1. The maximum absolute atomic E-state index is 12.2. The third-order valence-corrected chi connectivity index (χ3v) is 4.12. The Kier molecular flexibility index (Phi) is 4.86. The first kappa shape index (κ1) is 14.4. The molecule has 0 radical (unpaired) electrons. The highest BCUT2D eigenvalue weighted by Crippen LogP contribution is 2.27. The number of hydrogen-bond donors (Lipinski definition) is 2. The highest BCUT2D eigenvalue weighted by Gasteiger charge is 2.28. The number of hydrogen-bond acceptors (Lipinski definition) is 3. The summed E-state index contributed by atoms with van der Waals surface area (Å²) in [5.41, 5.74) is 0. The van der Waals surface area contributed by atoms with Crippen molar-refractivity contribution in [3.63, 3.8) is 0 Å². The number of allylic oxidation sites excluding steroid dienone is 1. The fraction of sp³-hybridized carbons (Fsp3) is 0.800. The first-order valence-electron chi connectivity index (χ1n) is 7.43. The second-order valence-electron chi connectivity index (χ2n) is 6.06. The molecule has 1 fully saturated rings. The van der Waals surface area contributed by atoms with Crippen LogP contribution in [0.25, 0.3) is 0 Å². The van der Waals surface area contributed by atoms with Crippen LogP contribution in [0.5, 0.6) is 0 Å². The molecule has 108 valence electrons. The summed E-state index contributed by atoms with van der Waals surface area (Å²) in [5, 5.41) is 12.7. The molecule has 0 saturated heterocycles. The van der Waals surface area contributed by atoms with E-state index in [1.165, 1.54) is 19.3 Å². The molecule has 4 nitrogen and oxygen atoms in total. The molecule has 0 bridgehead atoms. The minimum absolute atomic E-state index is 0.170. The molecule has 2 atom stereocenters. The Labute approximate surface area is 115 Å². The third-order valence-electron chi connectivity index (χ3n) is 4.12. The van der Waals surface area contributed by atoms with Crippen LogP contribution in [0.15, 0.2) is 11.8 Å². The maximum Gasteiger partial charge on any atom is 0.286 e. The highest BCUT2D eigenvalue weighted by atomic mass is 16.6. The van der Waals surface area contributed by atoms with Gasteiger partial charge in [-0.2, -0.15) is 0 Å². The maximum atomic E-state index is 12.2. The van der Waals surface area contributed by atoms with Crippen molar-refractivity contribution in [3.8, 4) is 0 Å². The summed E-state index contributed by atoms with van der Waals surface area (Å²) in [6.45, 7) is 4.19. The number of aliphatic hydroxyl groups excluding tert-OH is 1. The van der Waals surface area contributed by atoms with Crippen molar-refractivity contribution >= 4 is 5.91 Å². The molecule has 19 heavy (non-hydrogen) atoms. The van der Waals surface area contributed by atoms with E-state index >= 15 is 0 Å². The van der Waals surface area contributed by atoms with E-state index in [4.69, 9.17) is 4.74 Å². The third kappa shape index (κ3) is 3.96. The molecule has 2 rings (SSSR count). The Morgan fingerprint density at radius 1 is 1.37 bits per heavy atom. The largest absolute Gasteiger partial charge is 0.460 e. The summed E-state index contributed by atoms with van der Waals surface area (Å²) >= 11 is 0. The van der Waals surface area contributed by atoms with Gasteiger partial charge in [0, 0.05) is 12.5 Å². The summed E-state index contributed by atoms with van der Waals surface area (Å²) in [5.74, 6) is 0.728. The molecule has 1 saturated carbocycles. The van der Waals surface area contributed by atoms with Gasteiger partial charge >= 0.3 is 0 Å². The van der Waals surface area contributed by atoms with Crippen molar-refractivity contribution in [1.82, 2.24) is 5.32 Å². The average Bonchev–Trinajstić information content (AvgIpc) is 2.39. The molecule has 2 N–H and O–H groups in total. The van der Waals surface area contributed by atoms with Crippen molar-refractivity contribution in [2.75, 3.05) is 0 Å². The van der Waals surface area contributed by atoms with Crippen LogP contribution in [-0.4, -0.2) is 23.3 Å². The van der Waals surface area contributed by atoms with Gasteiger partial charge in [0.05, 0.1) is 0 Å². The molecule has 1 aliphatic heterocycles. The Hall–Kier alpha value is -1.03. The van der Waals surface area contributed by atoms with E-state index in [1.807, 2.05) is 6.08 Å². The molecule has 0 aromatic carbocycles. The lowest BCUT2D eigenvalue weighted by molar-refractivity contribution is -0.134. The summed E-state index contributed by atoms with van der Waals surface area (Å²) in [4.78, 5) is 12.2. The van der Waals surface area contributed by atoms with Gasteiger partial charge < -0.3 is 15.2 Å². The Morgan fingerprint density at radius 3 is 2.68 bits per heavy atom. The van der Waals surface area contributed by atoms with Crippen LogP contribution in [-0.2, 0) is 9.53 Å². The zero-order valence-corrected chi connectivity index (χ0v) is 11.9. The Bertz CT molecular complexity index is 345. The van der Waals surface area contributed by atoms with Gasteiger partial charge in [-0.05, 0) is 30.8 Å². The van der Waals surface area contributed by atoms with Crippen LogP contribution in [0.2, 0.25) is 0 Å². The van der Waals surface area contributed by atoms with E-state index in [-0.39, 0.29) is 17.9 Å². The number of rotatable bonds is 3. The van der Waals surface area contributed by atoms with Crippen LogP contribution in [0.3, 0.4) is 0 Å². The molecular weight excluding hydrogens is 242 g/mol. The van der Waals surface area contributed by atoms with Gasteiger partial charge in [-0.15, -0.1) is 0 Å². The van der Waals surface area contributed by atoms with Crippen molar-refractivity contribution in [2.45, 2.75) is 64.7 Å². The van der Waals surface area contributed by atoms with Gasteiger partial charge in [-0.25, -0.2) is 0 Å². The first-order valence-corrected chi connectivity index (χ1v) is 7.43. The predicted molar refractivity (Wildman–Crippen MR) is 73.1 cm³/mol. The van der Waals surface area contributed by atoms with Crippen LogP contribution in [0.1, 0.15) is 52.4 Å². The van der Waals surface area contributed by atoms with Crippen molar-refractivity contribution in [2.24, 2.45) is 11.8 Å². The Balaban J connectivity index is 1.96. The zero-order valence-electron chi connectivity index (χ0n) is 11.9. The molecule has 1 aliphatic carbocycles. The summed E-state index contributed by atoms with van der Waals surface area (Å²) < 4.78 is 5.27. The summed E-state index contributed by atoms with van der Waals surface area (Å²) in [6, 6.07) is 0.266. The lowest BCUT2D eigenvalue weighted by atomic mass is 9.90. The standard InChI is InChI=1S/C15H25NO3/c1-10(2)11-8-13(19-14(17)9-11)15(18)16-12-6-4-3-5-7-12/h8,10-12,14,17H,3-7,9H2,1-2H3,(H,16,18)/t11?,14-/m0/s1. The molecule has 1 amide bonds. The van der Waals surface area contributed by atoms with E-state index in [0.29, 0.717) is 18.1 Å². The normalized spacial score (nSPS) is 28.7. The van der Waals surface area contributed by atoms with Gasteiger partial charge in [0.25, 0.3) is 5.91 Å². The van der Waals surface area contributed by atoms with E-state index < -0.39 is 6.29 Å². The zero-order chi connectivity index (χ0) is 13.8. The van der Waals surface area contributed by atoms with E-state index in [0.717, 1.165) is 12.8 Å². The fourth-order valence-electron chi connectivity index (χ4n) is 2.83. The minimum atomic E-state index is -0.857. The quantitative estimate of drug-likeness (QED) is 0.825. The van der Waals surface area contributed by atoms with Gasteiger partial charge in [-0.3, -0.25) is 4.79 Å². The summed E-state index contributed by atoms with van der Waals surface area (Å²) in [6.07, 6.45) is 7.31. The number of ether oxygens (including phenoxy) is 1. The summed E-state index contributed by atoms with van der Waals surface area (Å²) in [7, 11) is 0. The lowest BCUT2D eigenvalue weighted by Crippen LogP contribution is -2.39. The van der Waals surface area contributed by atoms with E-state index in [2.05, 4.69) is 19.2 Å². The molecule has 0 aromatic rings. The molecule has 1 heterocycles. The predicted octanol–water partition coefficient (Wildman–Crippen LogP) is 2.33. The van der Waals surface area contributed by atoms with Crippen LogP contribution < -0.4 is 5.32 Å². The Morgan fingerprint density at radius 2 is 2.05 bits per heavy atom. The van der Waals surface area contributed by atoms with Gasteiger partial charge in [0.15, 0.2) is 12.0 Å². The van der Waals surface area contributed by atoms with Gasteiger partial charge in [0.1, 0.15) is 0 Å². The molecule has 1 unspecified atom stereocenters. The first-order chi connectivity index (χ1) is 9.06. The van der Waals surface area contributed by atoms with Crippen molar-refractivity contribution in [3.05, 3.63) is 11.8 Å². The molecule has 4 heteroatoms. The highest BCUT2D eigenvalue weighted by molar-refractivity contribution is 5.91. The molecule has 2 aliphatic rings. The van der Waals surface area contributed by atoms with Gasteiger partial charge in [-0.1, -0.05) is 33.1 Å². The molecule has 0 aromatic heterocycles. The topological polar surface area (TPSA) is 58.6 Å². The number of amides is 1. The van der Waals surface area contributed by atoms with Crippen LogP contribution in [0, 0.1) is 11.8 Å². The lowest BCUT2D eigenvalue weighted by Gasteiger charge is -2.29. The van der Waals surface area contributed by atoms with Crippen LogP contribution >= 0.6 is 0 Å². The number of aliphatic hydroxyl groups is 1. The monoisotopic (exact) mass is 267 g/mol. The molecule has 0 spiro atoms. The van der Waals surface area contributed by atoms with Crippen molar-refractivity contribution in [1.29, 1.82) is 0 Å². The number of carbonyl (C=O) groups excluding carboxylic acids is 1. The van der Waals surface area contributed by atoms with Crippen LogP contribution in [0.4, 0.5) is 0 Å². The SMILES string of the molecule is CC(C)C1C=C(C(=O)NC2CCCCC2)O[C@H](O)C1. The van der Waals surface area contributed by atoms with Crippen molar-refractivity contribution < 1.29 is 14.6 Å². The second-order valence-corrected chi connectivity index (χ2v) is 6.06. The van der Waals surface area contributed by atoms with E-state index in [9.17, 15) is 9.90 Å². The number of carbonyl (C=O) groups is 1.